The molecule has 28 heavy (non-hydrogen) atoms. The van der Waals surface area contributed by atoms with Crippen LogP contribution in [0.4, 0.5) is 11.4 Å². The van der Waals surface area contributed by atoms with E-state index in [1.165, 1.54) is 33.9 Å². The minimum Gasteiger partial charge on any atom is -0.358 e. The summed E-state index contributed by atoms with van der Waals surface area (Å²) in [5.41, 5.74) is 7.59. The molecule has 0 fully saturated rings. The molecule has 2 aliphatic rings. The monoisotopic (exact) mass is 389 g/mol. The van der Waals surface area contributed by atoms with Crippen molar-refractivity contribution < 1.29 is 4.58 Å². The van der Waals surface area contributed by atoms with Crippen LogP contribution in [0.5, 0.6) is 0 Å². The number of para-hydroxylation sites is 2. The number of nitrogens with one attached hydrogen (secondary N) is 1. The largest absolute Gasteiger partial charge is 0.358 e. The number of hydrogen-bond donors (Lipinski definition) is 1. The minimum absolute atomic E-state index is 0.0343. The van der Waals surface area contributed by atoms with Gasteiger partial charge < -0.3 is 5.32 Å². The van der Waals surface area contributed by atoms with Crippen LogP contribution in [0.25, 0.3) is 0 Å². The van der Waals surface area contributed by atoms with Gasteiger partial charge in [0.1, 0.15) is 6.54 Å². The van der Waals surface area contributed by atoms with Crippen molar-refractivity contribution >= 4 is 28.7 Å². The van der Waals surface area contributed by atoms with E-state index < -0.39 is 0 Å². The fourth-order valence-electron chi connectivity index (χ4n) is 4.20. The molecule has 0 atom stereocenters. The van der Waals surface area contributed by atoms with Gasteiger partial charge in [-0.15, -0.1) is 0 Å². The highest BCUT2D eigenvalue weighted by molar-refractivity contribution is 6.31. The van der Waals surface area contributed by atoms with Crippen LogP contribution in [0.2, 0.25) is 0 Å². The predicted molar refractivity (Wildman–Crippen MR) is 120 cm³/mol. The Morgan fingerprint density at radius 3 is 2.68 bits per heavy atom. The molecule has 0 spiro atoms. The molecule has 0 aromatic heterocycles. The summed E-state index contributed by atoms with van der Waals surface area (Å²) >= 11 is 6.51. The van der Waals surface area contributed by atoms with E-state index in [1.807, 2.05) is 12.2 Å². The highest BCUT2D eigenvalue weighted by Gasteiger charge is 2.43. The molecule has 2 aromatic rings. The van der Waals surface area contributed by atoms with E-state index in [9.17, 15) is 0 Å². The number of hydrogen-bond acceptors (Lipinski definition) is 1. The topological polar surface area (TPSA) is 15.0 Å². The average Bonchev–Trinajstić information content (AvgIpc) is 3.21. The first-order valence-corrected chi connectivity index (χ1v) is 10.2. The van der Waals surface area contributed by atoms with Crippen LogP contribution in [-0.4, -0.2) is 16.8 Å². The minimum atomic E-state index is -0.0343. The Hall–Kier alpha value is -2.58. The Kier molecular flexibility index (Phi) is 4.99. The van der Waals surface area contributed by atoms with Gasteiger partial charge in [-0.1, -0.05) is 48.0 Å². The summed E-state index contributed by atoms with van der Waals surface area (Å²) in [4.78, 5) is 0. The standard InChI is InChI=1S/C25H25ClN2/c1-4-28-23-12-8-6-10-21(23)25(2,3)24(28)16-14-19(26)13-15-20-17-18-9-5-7-11-22(18)27-20/h5-16H,4,17H2,1-3H3/p+1. The molecule has 0 bridgehead atoms. The van der Waals surface area contributed by atoms with Crippen molar-refractivity contribution in [1.29, 1.82) is 0 Å². The van der Waals surface area contributed by atoms with E-state index in [-0.39, 0.29) is 5.41 Å². The molecule has 0 radical (unpaired) electrons. The van der Waals surface area contributed by atoms with Gasteiger partial charge >= 0.3 is 0 Å². The third kappa shape index (κ3) is 3.33. The second-order valence-corrected chi connectivity index (χ2v) is 8.24. The molecule has 1 N–H and O–H groups in total. The van der Waals surface area contributed by atoms with Crippen LogP contribution in [0.15, 0.2) is 83.6 Å². The Bertz CT molecular complexity index is 1010. The summed E-state index contributed by atoms with van der Waals surface area (Å²) in [7, 11) is 0. The second kappa shape index (κ2) is 7.44. The molecule has 2 aliphatic heterocycles. The molecule has 3 heteroatoms. The van der Waals surface area contributed by atoms with E-state index in [4.69, 9.17) is 11.6 Å². The zero-order valence-corrected chi connectivity index (χ0v) is 17.4. The summed E-state index contributed by atoms with van der Waals surface area (Å²) in [6.45, 7) is 7.69. The molecule has 0 aliphatic carbocycles. The molecule has 0 amide bonds. The van der Waals surface area contributed by atoms with Gasteiger partial charge in [0.2, 0.25) is 5.69 Å². The van der Waals surface area contributed by atoms with E-state index in [0.717, 1.165) is 18.0 Å². The van der Waals surface area contributed by atoms with Gasteiger partial charge in [-0.2, -0.15) is 4.58 Å². The lowest BCUT2D eigenvalue weighted by molar-refractivity contribution is -0.433. The number of rotatable bonds is 4. The van der Waals surface area contributed by atoms with Gasteiger partial charge in [0, 0.05) is 40.5 Å². The molecule has 4 rings (SSSR count). The number of halogens is 1. The Labute approximate surface area is 172 Å². The number of benzene rings is 2. The summed E-state index contributed by atoms with van der Waals surface area (Å²) in [5, 5.41) is 4.17. The summed E-state index contributed by atoms with van der Waals surface area (Å²) < 4.78 is 2.38. The molecule has 2 heterocycles. The molecule has 2 aromatic carbocycles. The molecule has 0 unspecified atom stereocenters. The van der Waals surface area contributed by atoms with E-state index in [1.54, 1.807) is 0 Å². The highest BCUT2D eigenvalue weighted by Crippen LogP contribution is 2.39. The van der Waals surface area contributed by atoms with Gasteiger partial charge in [0.25, 0.3) is 0 Å². The van der Waals surface area contributed by atoms with Crippen LogP contribution in [0.1, 0.15) is 31.9 Å². The normalized spacial score (nSPS) is 19.3. The lowest BCUT2D eigenvalue weighted by atomic mass is 9.81. The van der Waals surface area contributed by atoms with Crippen molar-refractivity contribution in [2.75, 3.05) is 11.9 Å². The number of anilines is 1. The third-order valence-corrected chi connectivity index (χ3v) is 5.91. The smallest absolute Gasteiger partial charge is 0.209 e. The SMILES string of the molecule is CC[N+]1=C(C=CC(Cl)=CC=C2Cc3ccccc3N2)C(C)(C)c2ccccc21. The first kappa shape index (κ1) is 18.8. The first-order chi connectivity index (χ1) is 13.5. The van der Waals surface area contributed by atoms with E-state index in [0.29, 0.717) is 0 Å². The van der Waals surface area contributed by atoms with Gasteiger partial charge in [0.15, 0.2) is 5.71 Å². The maximum absolute atomic E-state index is 6.51. The van der Waals surface area contributed by atoms with Gasteiger partial charge in [0.05, 0.1) is 5.41 Å². The van der Waals surface area contributed by atoms with Crippen molar-refractivity contribution in [3.63, 3.8) is 0 Å². The number of allylic oxidation sites excluding steroid dienone is 6. The van der Waals surface area contributed by atoms with Gasteiger partial charge in [-0.25, -0.2) is 0 Å². The molecule has 2 nitrogen and oxygen atoms in total. The van der Waals surface area contributed by atoms with Gasteiger partial charge in [-0.3, -0.25) is 0 Å². The summed E-state index contributed by atoms with van der Waals surface area (Å²) in [6, 6.07) is 17.0. The number of fused-ring (bicyclic) bond motifs is 2. The first-order valence-electron chi connectivity index (χ1n) is 9.84. The zero-order chi connectivity index (χ0) is 19.7. The Balaban J connectivity index is 1.56. The quantitative estimate of drug-likeness (QED) is 0.478. The second-order valence-electron chi connectivity index (χ2n) is 7.81. The van der Waals surface area contributed by atoms with E-state index in [2.05, 4.69) is 91.3 Å². The van der Waals surface area contributed by atoms with Crippen molar-refractivity contribution in [1.82, 2.24) is 0 Å². The summed E-state index contributed by atoms with van der Waals surface area (Å²) in [6.07, 6.45) is 9.13. The number of nitrogens with zero attached hydrogens (tertiary/aromatic N) is 1. The average molecular weight is 390 g/mol. The van der Waals surface area contributed by atoms with E-state index >= 15 is 0 Å². The van der Waals surface area contributed by atoms with Crippen LogP contribution < -0.4 is 5.32 Å². The lowest BCUT2D eigenvalue weighted by Gasteiger charge is -2.15. The highest BCUT2D eigenvalue weighted by atomic mass is 35.5. The molecule has 0 saturated carbocycles. The fourth-order valence-corrected chi connectivity index (χ4v) is 4.32. The molecular weight excluding hydrogens is 364 g/mol. The van der Waals surface area contributed by atoms with Crippen LogP contribution in [-0.2, 0) is 11.8 Å². The maximum Gasteiger partial charge on any atom is 0.209 e. The van der Waals surface area contributed by atoms with Crippen molar-refractivity contribution in [2.45, 2.75) is 32.6 Å². The summed E-state index contributed by atoms with van der Waals surface area (Å²) in [5.74, 6) is 0. The lowest BCUT2D eigenvalue weighted by Crippen LogP contribution is -2.27. The Morgan fingerprint density at radius 2 is 1.89 bits per heavy atom. The predicted octanol–water partition coefficient (Wildman–Crippen LogP) is 6.31. The zero-order valence-electron chi connectivity index (χ0n) is 16.7. The molecule has 0 saturated heterocycles. The van der Waals surface area contributed by atoms with Crippen LogP contribution >= 0.6 is 11.6 Å². The fraction of sp³-hybridized carbons (Fsp3) is 0.240. The Morgan fingerprint density at radius 1 is 1.14 bits per heavy atom. The van der Waals surface area contributed by atoms with Crippen LogP contribution in [0, 0.1) is 0 Å². The van der Waals surface area contributed by atoms with Gasteiger partial charge in [-0.05, 0) is 50.6 Å². The molecule has 142 valence electrons. The maximum atomic E-state index is 6.51. The van der Waals surface area contributed by atoms with Crippen molar-refractivity contribution in [2.24, 2.45) is 0 Å². The molecular formula is C25H26ClN2+. The third-order valence-electron chi connectivity index (χ3n) is 5.65. The van der Waals surface area contributed by atoms with Crippen LogP contribution in [0.3, 0.4) is 0 Å². The van der Waals surface area contributed by atoms with Crippen molar-refractivity contribution in [3.05, 3.63) is 94.7 Å². The van der Waals surface area contributed by atoms with Crippen molar-refractivity contribution in [3.8, 4) is 0 Å².